The van der Waals surface area contributed by atoms with Crippen molar-refractivity contribution in [2.75, 3.05) is 0 Å². The number of thiocarbonyl (C=S) groups is 1. The first kappa shape index (κ1) is 9.40. The molecule has 0 amide bonds. The standard InChI is InChI=1S/C11H14S/c1-8-6-9(2)11(4-5-12)10(3)7-8/h5-7H,4H2,1-3H3. The van der Waals surface area contributed by atoms with Crippen molar-refractivity contribution >= 4 is 17.6 Å². The lowest BCUT2D eigenvalue weighted by Gasteiger charge is -2.08. The molecule has 64 valence electrons. The lowest BCUT2D eigenvalue weighted by Crippen LogP contribution is -1.94. The highest BCUT2D eigenvalue weighted by molar-refractivity contribution is 7.78. The number of rotatable bonds is 2. The van der Waals surface area contributed by atoms with Crippen LogP contribution < -0.4 is 0 Å². The average molecular weight is 178 g/mol. The summed E-state index contributed by atoms with van der Waals surface area (Å²) in [6.45, 7) is 6.42. The first-order valence-electron chi connectivity index (χ1n) is 4.15. The van der Waals surface area contributed by atoms with E-state index in [-0.39, 0.29) is 0 Å². The highest BCUT2D eigenvalue weighted by atomic mass is 32.1. The van der Waals surface area contributed by atoms with Crippen LogP contribution in [0.1, 0.15) is 22.3 Å². The minimum absolute atomic E-state index is 0.910. The van der Waals surface area contributed by atoms with Crippen LogP contribution in [0.25, 0.3) is 0 Å². The van der Waals surface area contributed by atoms with Crippen molar-refractivity contribution in [3.8, 4) is 0 Å². The van der Waals surface area contributed by atoms with Crippen LogP contribution in [-0.2, 0) is 6.42 Å². The normalized spacial score (nSPS) is 9.92. The topological polar surface area (TPSA) is 0 Å². The molecule has 0 atom stereocenters. The van der Waals surface area contributed by atoms with Crippen LogP contribution in [0.4, 0.5) is 0 Å². The maximum Gasteiger partial charge on any atom is 0.00130 e. The van der Waals surface area contributed by atoms with Gasteiger partial charge in [-0.05, 0) is 42.8 Å². The molecular formula is C11H14S. The molecule has 1 aromatic rings. The summed E-state index contributed by atoms with van der Waals surface area (Å²) in [6.07, 6.45) is 0.910. The molecule has 0 saturated carbocycles. The van der Waals surface area contributed by atoms with Crippen LogP contribution in [0.3, 0.4) is 0 Å². The van der Waals surface area contributed by atoms with Crippen molar-refractivity contribution in [1.29, 1.82) is 0 Å². The Morgan fingerprint density at radius 3 is 2.08 bits per heavy atom. The van der Waals surface area contributed by atoms with Gasteiger partial charge in [0.15, 0.2) is 0 Å². The predicted molar refractivity (Wildman–Crippen MR) is 58.0 cm³/mol. The molecule has 0 aliphatic rings. The predicted octanol–water partition coefficient (Wildman–Crippen LogP) is 3.15. The lowest BCUT2D eigenvalue weighted by atomic mass is 9.98. The van der Waals surface area contributed by atoms with E-state index in [1.165, 1.54) is 22.3 Å². The molecule has 0 N–H and O–H groups in total. The number of benzene rings is 1. The smallest absolute Gasteiger partial charge is 0.00130 e. The van der Waals surface area contributed by atoms with Gasteiger partial charge < -0.3 is 0 Å². The molecule has 0 fully saturated rings. The zero-order valence-electron chi connectivity index (χ0n) is 7.85. The molecule has 0 nitrogen and oxygen atoms in total. The monoisotopic (exact) mass is 178 g/mol. The third-order valence-corrected chi connectivity index (χ3v) is 2.29. The minimum Gasteiger partial charge on any atom is -0.0931 e. The Hall–Kier alpha value is -0.690. The molecule has 0 radical (unpaired) electrons. The second kappa shape index (κ2) is 3.81. The molecule has 0 aliphatic carbocycles. The molecule has 0 aliphatic heterocycles. The fourth-order valence-corrected chi connectivity index (χ4v) is 1.78. The van der Waals surface area contributed by atoms with Gasteiger partial charge in [-0.2, -0.15) is 0 Å². The number of aryl methyl sites for hydroxylation is 3. The van der Waals surface area contributed by atoms with Gasteiger partial charge in [-0.25, -0.2) is 0 Å². The van der Waals surface area contributed by atoms with Gasteiger partial charge >= 0.3 is 0 Å². The van der Waals surface area contributed by atoms with Crippen molar-refractivity contribution < 1.29 is 0 Å². The van der Waals surface area contributed by atoms with Crippen LogP contribution >= 0.6 is 12.2 Å². The van der Waals surface area contributed by atoms with Crippen LogP contribution in [0.15, 0.2) is 12.1 Å². The Morgan fingerprint density at radius 1 is 1.17 bits per heavy atom. The summed E-state index contributed by atoms with van der Waals surface area (Å²) in [5, 5.41) is 1.80. The largest absolute Gasteiger partial charge is 0.0931 e. The van der Waals surface area contributed by atoms with Crippen LogP contribution in [0.2, 0.25) is 0 Å². The number of hydrogen-bond acceptors (Lipinski definition) is 1. The van der Waals surface area contributed by atoms with Crippen molar-refractivity contribution in [3.63, 3.8) is 0 Å². The van der Waals surface area contributed by atoms with Crippen molar-refractivity contribution in [2.45, 2.75) is 27.2 Å². The Morgan fingerprint density at radius 2 is 1.67 bits per heavy atom. The molecule has 0 aromatic heterocycles. The molecule has 1 rings (SSSR count). The van der Waals surface area contributed by atoms with E-state index in [1.54, 1.807) is 5.37 Å². The van der Waals surface area contributed by atoms with E-state index >= 15 is 0 Å². The van der Waals surface area contributed by atoms with Crippen LogP contribution in [-0.4, -0.2) is 5.37 Å². The summed E-state index contributed by atoms with van der Waals surface area (Å²) in [4.78, 5) is 0. The first-order chi connectivity index (χ1) is 5.65. The Bertz CT molecular complexity index is 277. The van der Waals surface area contributed by atoms with Crippen LogP contribution in [0.5, 0.6) is 0 Å². The third kappa shape index (κ3) is 1.92. The molecule has 1 aromatic carbocycles. The van der Waals surface area contributed by atoms with Gasteiger partial charge in [0.05, 0.1) is 0 Å². The van der Waals surface area contributed by atoms with Crippen molar-refractivity contribution in [3.05, 3.63) is 34.4 Å². The van der Waals surface area contributed by atoms with E-state index in [1.807, 2.05) is 0 Å². The highest BCUT2D eigenvalue weighted by Crippen LogP contribution is 2.16. The molecule has 0 unspecified atom stereocenters. The van der Waals surface area contributed by atoms with E-state index in [0.717, 1.165) is 6.42 Å². The molecule has 0 spiro atoms. The molecule has 1 heteroatoms. The second-order valence-corrected chi connectivity index (χ2v) is 3.58. The molecular weight excluding hydrogens is 164 g/mol. The molecule has 0 saturated heterocycles. The zero-order valence-corrected chi connectivity index (χ0v) is 8.66. The summed E-state index contributed by atoms with van der Waals surface area (Å²) >= 11 is 4.86. The second-order valence-electron chi connectivity index (χ2n) is 3.25. The van der Waals surface area contributed by atoms with Gasteiger partial charge in [0.2, 0.25) is 0 Å². The molecule has 0 bridgehead atoms. The third-order valence-electron chi connectivity index (χ3n) is 2.13. The van der Waals surface area contributed by atoms with Gasteiger partial charge in [-0.1, -0.05) is 29.9 Å². The minimum atomic E-state index is 0.910. The fraction of sp³-hybridized carbons (Fsp3) is 0.364. The van der Waals surface area contributed by atoms with Crippen LogP contribution in [0, 0.1) is 20.8 Å². The van der Waals surface area contributed by atoms with E-state index in [2.05, 4.69) is 32.9 Å². The summed E-state index contributed by atoms with van der Waals surface area (Å²) in [5.41, 5.74) is 5.43. The quantitative estimate of drug-likeness (QED) is 0.627. The van der Waals surface area contributed by atoms with Gasteiger partial charge in [0, 0.05) is 6.42 Å². The zero-order chi connectivity index (χ0) is 9.14. The SMILES string of the molecule is Cc1cc(C)c(CC=S)c(C)c1. The van der Waals surface area contributed by atoms with Crippen molar-refractivity contribution in [2.24, 2.45) is 0 Å². The summed E-state index contributed by atoms with van der Waals surface area (Å²) in [7, 11) is 0. The van der Waals surface area contributed by atoms with Gasteiger partial charge in [-0.3, -0.25) is 0 Å². The summed E-state index contributed by atoms with van der Waals surface area (Å²) in [6, 6.07) is 4.42. The van der Waals surface area contributed by atoms with E-state index < -0.39 is 0 Å². The Balaban J connectivity index is 3.18. The molecule has 12 heavy (non-hydrogen) atoms. The average Bonchev–Trinajstić information content (AvgIpc) is 1.96. The Labute approximate surface area is 79.6 Å². The summed E-state index contributed by atoms with van der Waals surface area (Å²) < 4.78 is 0. The van der Waals surface area contributed by atoms with E-state index in [4.69, 9.17) is 12.2 Å². The summed E-state index contributed by atoms with van der Waals surface area (Å²) in [5.74, 6) is 0. The highest BCUT2D eigenvalue weighted by Gasteiger charge is 2.00. The fourth-order valence-electron chi connectivity index (χ4n) is 1.62. The Kier molecular flexibility index (Phi) is 2.99. The van der Waals surface area contributed by atoms with Crippen molar-refractivity contribution in [1.82, 2.24) is 0 Å². The number of hydrogen-bond donors (Lipinski definition) is 0. The lowest BCUT2D eigenvalue weighted by molar-refractivity contribution is 1.20. The molecule has 0 heterocycles. The maximum atomic E-state index is 4.86. The van der Waals surface area contributed by atoms with E-state index in [9.17, 15) is 0 Å². The van der Waals surface area contributed by atoms with E-state index in [0.29, 0.717) is 0 Å². The van der Waals surface area contributed by atoms with Gasteiger partial charge in [-0.15, -0.1) is 0 Å². The van der Waals surface area contributed by atoms with Gasteiger partial charge in [0.25, 0.3) is 0 Å². The van der Waals surface area contributed by atoms with Gasteiger partial charge in [0.1, 0.15) is 0 Å². The maximum absolute atomic E-state index is 4.86. The first-order valence-corrected chi connectivity index (χ1v) is 4.62.